The molecule has 1 atom stereocenters. The summed E-state index contributed by atoms with van der Waals surface area (Å²) in [5, 5.41) is 18.2. The number of hydrogen-bond donors (Lipinski definition) is 3. The van der Waals surface area contributed by atoms with Gasteiger partial charge in [0, 0.05) is 23.3 Å². The first-order valence-electron chi connectivity index (χ1n) is 10.5. The Balaban J connectivity index is 1.93. The Morgan fingerprint density at radius 3 is 2.57 bits per heavy atom. The van der Waals surface area contributed by atoms with Gasteiger partial charge >= 0.3 is 0 Å². The Kier molecular flexibility index (Phi) is 4.97. The fourth-order valence-electron chi connectivity index (χ4n) is 4.61. The Bertz CT molecular complexity index is 1080. The molecular weight excluding hydrogens is 372 g/mol. The molecular formula is C26H30N2O2. The lowest BCUT2D eigenvalue weighted by Crippen LogP contribution is -2.31. The third-order valence-electron chi connectivity index (χ3n) is 6.25. The maximum Gasteiger partial charge on any atom is 0.163 e. The van der Waals surface area contributed by atoms with Crippen molar-refractivity contribution < 1.29 is 9.90 Å². The summed E-state index contributed by atoms with van der Waals surface area (Å²) in [6.07, 6.45) is 3.63. The Morgan fingerprint density at radius 1 is 1.17 bits per heavy atom. The number of phenolic OH excluding ortho intramolecular Hbond substituents is 1. The van der Waals surface area contributed by atoms with Gasteiger partial charge in [-0.2, -0.15) is 0 Å². The summed E-state index contributed by atoms with van der Waals surface area (Å²) in [5.41, 5.74) is 7.40. The normalized spacial score (nSPS) is 19.9. The molecule has 0 saturated heterocycles. The van der Waals surface area contributed by atoms with Crippen LogP contribution in [0.1, 0.15) is 55.0 Å². The van der Waals surface area contributed by atoms with Crippen molar-refractivity contribution in [2.24, 2.45) is 5.41 Å². The number of aromatic hydroxyl groups is 1. The van der Waals surface area contributed by atoms with E-state index in [1.165, 1.54) is 11.1 Å². The summed E-state index contributed by atoms with van der Waals surface area (Å²) in [6.45, 7) is 12.2. The van der Waals surface area contributed by atoms with Gasteiger partial charge in [0.05, 0.1) is 17.4 Å². The molecule has 0 amide bonds. The van der Waals surface area contributed by atoms with Gasteiger partial charge in [-0.1, -0.05) is 38.1 Å². The Morgan fingerprint density at radius 2 is 1.87 bits per heavy atom. The van der Waals surface area contributed by atoms with E-state index >= 15 is 0 Å². The van der Waals surface area contributed by atoms with Crippen molar-refractivity contribution in [3.63, 3.8) is 0 Å². The number of benzene rings is 2. The molecule has 2 aliphatic rings. The van der Waals surface area contributed by atoms with Gasteiger partial charge in [-0.25, -0.2) is 0 Å². The number of carbonyl (C=O) groups is 1. The van der Waals surface area contributed by atoms with Crippen LogP contribution in [0.15, 0.2) is 54.3 Å². The predicted molar refractivity (Wildman–Crippen MR) is 123 cm³/mol. The van der Waals surface area contributed by atoms with Crippen molar-refractivity contribution >= 4 is 17.2 Å². The molecule has 1 aliphatic heterocycles. The van der Waals surface area contributed by atoms with E-state index in [1.807, 2.05) is 18.2 Å². The first-order chi connectivity index (χ1) is 14.2. The summed E-state index contributed by atoms with van der Waals surface area (Å²) in [5.74, 6) is 0.354. The van der Waals surface area contributed by atoms with Crippen LogP contribution in [-0.2, 0) is 11.2 Å². The Hall–Kier alpha value is -3.01. The number of aryl methyl sites for hydroxylation is 2. The monoisotopic (exact) mass is 402 g/mol. The lowest BCUT2D eigenvalue weighted by molar-refractivity contribution is -0.118. The lowest BCUT2D eigenvalue weighted by Gasteiger charge is -2.34. The number of rotatable bonds is 3. The molecule has 2 aromatic carbocycles. The van der Waals surface area contributed by atoms with E-state index in [1.54, 1.807) is 6.08 Å². The van der Waals surface area contributed by atoms with Crippen LogP contribution in [0.4, 0.5) is 11.4 Å². The van der Waals surface area contributed by atoms with Crippen molar-refractivity contribution in [3.8, 4) is 5.75 Å². The number of anilines is 2. The van der Waals surface area contributed by atoms with Crippen LogP contribution in [0.3, 0.4) is 0 Å². The molecule has 4 rings (SSSR count). The second-order valence-electron chi connectivity index (χ2n) is 9.37. The third-order valence-corrected chi connectivity index (χ3v) is 6.25. The second kappa shape index (κ2) is 7.35. The zero-order valence-corrected chi connectivity index (χ0v) is 18.2. The zero-order valence-electron chi connectivity index (χ0n) is 18.2. The fraction of sp³-hybridized carbons (Fsp3) is 0.346. The smallest absolute Gasteiger partial charge is 0.163 e. The van der Waals surface area contributed by atoms with Crippen LogP contribution in [0.25, 0.3) is 0 Å². The number of carbonyl (C=O) groups excluding carboxylic acids is 1. The number of para-hydroxylation sites is 1. The standard InChI is InChI=1S/C26H30N2O2/c1-6-8-17-9-7-10-18(25(17)30)24-23-21(13-26(4,5)14-22(23)29)27-19-11-15(2)16(3)12-20(19)28-24/h6-7,9-12,24,27-28,30H,1,8,13-14H2,2-5H3. The molecule has 1 aliphatic carbocycles. The van der Waals surface area contributed by atoms with Crippen LogP contribution in [-0.4, -0.2) is 10.9 Å². The molecule has 1 unspecified atom stereocenters. The van der Waals surface area contributed by atoms with Gasteiger partial charge in [-0.3, -0.25) is 4.79 Å². The largest absolute Gasteiger partial charge is 0.507 e. The van der Waals surface area contributed by atoms with Gasteiger partial charge < -0.3 is 15.7 Å². The zero-order chi connectivity index (χ0) is 21.6. The van der Waals surface area contributed by atoms with Crippen LogP contribution < -0.4 is 10.6 Å². The van der Waals surface area contributed by atoms with Crippen LogP contribution >= 0.6 is 0 Å². The average molecular weight is 403 g/mol. The van der Waals surface area contributed by atoms with E-state index in [0.717, 1.165) is 40.2 Å². The lowest BCUT2D eigenvalue weighted by atomic mass is 9.73. The van der Waals surface area contributed by atoms with E-state index in [9.17, 15) is 9.90 Å². The summed E-state index contributed by atoms with van der Waals surface area (Å²) >= 11 is 0. The third kappa shape index (κ3) is 3.51. The van der Waals surface area contributed by atoms with E-state index in [2.05, 4.69) is 57.0 Å². The molecule has 0 saturated carbocycles. The number of nitrogens with one attached hydrogen (secondary N) is 2. The first-order valence-corrected chi connectivity index (χ1v) is 10.5. The number of ketones is 1. The molecule has 0 bridgehead atoms. The molecule has 4 heteroatoms. The average Bonchev–Trinajstić information content (AvgIpc) is 2.79. The molecule has 30 heavy (non-hydrogen) atoms. The van der Waals surface area contributed by atoms with E-state index in [0.29, 0.717) is 12.8 Å². The number of Topliss-reactive ketones (excluding diaryl/α,β-unsaturated/α-hetero) is 1. The molecule has 3 N–H and O–H groups in total. The van der Waals surface area contributed by atoms with Gasteiger partial charge in [-0.05, 0) is 60.9 Å². The van der Waals surface area contributed by atoms with Crippen LogP contribution in [0, 0.1) is 19.3 Å². The number of allylic oxidation sites excluding steroid dienone is 2. The minimum atomic E-state index is -0.413. The van der Waals surface area contributed by atoms with Gasteiger partial charge in [0.25, 0.3) is 0 Å². The minimum Gasteiger partial charge on any atom is -0.507 e. The highest BCUT2D eigenvalue weighted by atomic mass is 16.3. The molecule has 0 aromatic heterocycles. The molecule has 2 aromatic rings. The number of phenols is 1. The molecule has 0 radical (unpaired) electrons. The highest BCUT2D eigenvalue weighted by Crippen LogP contribution is 2.47. The molecule has 0 fully saturated rings. The molecule has 1 heterocycles. The van der Waals surface area contributed by atoms with Gasteiger partial charge in [0.15, 0.2) is 5.78 Å². The predicted octanol–water partition coefficient (Wildman–Crippen LogP) is 5.96. The quantitative estimate of drug-likeness (QED) is 0.555. The highest BCUT2D eigenvalue weighted by molar-refractivity contribution is 6.01. The van der Waals surface area contributed by atoms with Gasteiger partial charge in [0.1, 0.15) is 5.75 Å². The van der Waals surface area contributed by atoms with E-state index in [-0.39, 0.29) is 16.9 Å². The SMILES string of the molecule is C=CCc1cccc(C2Nc3cc(C)c(C)cc3NC3=C2C(=O)CC(C)(C)C3)c1O. The minimum absolute atomic E-state index is 0.107. The number of fused-ring (bicyclic) bond motifs is 1. The molecule has 4 nitrogen and oxygen atoms in total. The van der Waals surface area contributed by atoms with Gasteiger partial charge in [0.2, 0.25) is 0 Å². The highest BCUT2D eigenvalue weighted by Gasteiger charge is 2.39. The first kappa shape index (κ1) is 20.3. The topological polar surface area (TPSA) is 61.4 Å². The molecule has 0 spiro atoms. The van der Waals surface area contributed by atoms with E-state index in [4.69, 9.17) is 0 Å². The molecule has 156 valence electrons. The van der Waals surface area contributed by atoms with Gasteiger partial charge in [-0.15, -0.1) is 6.58 Å². The maximum absolute atomic E-state index is 13.4. The Labute approximate surface area is 178 Å². The maximum atomic E-state index is 13.4. The second-order valence-corrected chi connectivity index (χ2v) is 9.37. The summed E-state index contributed by atoms with van der Waals surface area (Å²) < 4.78 is 0. The van der Waals surface area contributed by atoms with Crippen molar-refractivity contribution in [2.75, 3.05) is 10.6 Å². The van der Waals surface area contributed by atoms with Crippen LogP contribution in [0.2, 0.25) is 0 Å². The fourth-order valence-corrected chi connectivity index (χ4v) is 4.61. The van der Waals surface area contributed by atoms with Crippen molar-refractivity contribution in [2.45, 2.75) is 53.0 Å². The van der Waals surface area contributed by atoms with Crippen LogP contribution in [0.5, 0.6) is 5.75 Å². The number of hydrogen-bond acceptors (Lipinski definition) is 4. The van der Waals surface area contributed by atoms with Crippen molar-refractivity contribution in [1.82, 2.24) is 0 Å². The van der Waals surface area contributed by atoms with Crippen molar-refractivity contribution in [1.29, 1.82) is 0 Å². The van der Waals surface area contributed by atoms with E-state index < -0.39 is 6.04 Å². The summed E-state index contributed by atoms with van der Waals surface area (Å²) in [4.78, 5) is 13.4. The summed E-state index contributed by atoms with van der Waals surface area (Å²) in [7, 11) is 0. The summed E-state index contributed by atoms with van der Waals surface area (Å²) in [6, 6.07) is 9.58. The van der Waals surface area contributed by atoms with Crippen molar-refractivity contribution in [3.05, 3.63) is 76.5 Å².